The number of hydrogen-bond acceptors (Lipinski definition) is 3. The Bertz CT molecular complexity index is 236. The van der Waals surface area contributed by atoms with Crippen molar-refractivity contribution < 1.29 is 9.53 Å². The van der Waals surface area contributed by atoms with Crippen LogP contribution >= 0.6 is 0 Å². The number of hydrogen-bond donors (Lipinski definition) is 1. The number of amides is 1. The molecule has 1 aliphatic rings. The third kappa shape index (κ3) is 4.64. The van der Waals surface area contributed by atoms with Crippen molar-refractivity contribution in [3.63, 3.8) is 0 Å². The maximum absolute atomic E-state index is 12.1. The van der Waals surface area contributed by atoms with Crippen LogP contribution in [0.4, 0.5) is 0 Å². The minimum atomic E-state index is -0.335. The largest absolute Gasteiger partial charge is 0.378 e. The summed E-state index contributed by atoms with van der Waals surface area (Å²) >= 11 is 0. The topological polar surface area (TPSA) is 55.6 Å². The summed E-state index contributed by atoms with van der Waals surface area (Å²) in [5, 5.41) is 0. The highest BCUT2D eigenvalue weighted by Crippen LogP contribution is 2.15. The molecule has 0 aliphatic carbocycles. The third-order valence-corrected chi connectivity index (χ3v) is 3.20. The first-order valence-corrected chi connectivity index (χ1v) is 6.70. The summed E-state index contributed by atoms with van der Waals surface area (Å²) in [6.45, 7) is 8.52. The molecule has 0 saturated carbocycles. The summed E-state index contributed by atoms with van der Waals surface area (Å²) in [6.07, 6.45) is 2.97. The van der Waals surface area contributed by atoms with Crippen LogP contribution in [0.25, 0.3) is 0 Å². The lowest BCUT2D eigenvalue weighted by atomic mass is 10.0. The average molecular weight is 242 g/mol. The fraction of sp³-hybridized carbons (Fsp3) is 0.923. The molecule has 0 aromatic carbocycles. The van der Waals surface area contributed by atoms with E-state index in [1.165, 1.54) is 0 Å². The molecule has 1 saturated heterocycles. The van der Waals surface area contributed by atoms with E-state index in [9.17, 15) is 4.79 Å². The molecule has 0 spiro atoms. The maximum atomic E-state index is 12.1. The van der Waals surface area contributed by atoms with Crippen molar-refractivity contribution in [3.8, 4) is 0 Å². The molecule has 2 N–H and O–H groups in total. The smallest absolute Gasteiger partial charge is 0.239 e. The minimum absolute atomic E-state index is 0.105. The van der Waals surface area contributed by atoms with Crippen molar-refractivity contribution in [2.45, 2.75) is 52.2 Å². The molecule has 1 fully saturated rings. The van der Waals surface area contributed by atoms with E-state index in [2.05, 4.69) is 13.8 Å². The van der Waals surface area contributed by atoms with Crippen LogP contribution in [0.2, 0.25) is 0 Å². The van der Waals surface area contributed by atoms with Crippen LogP contribution in [0.5, 0.6) is 0 Å². The van der Waals surface area contributed by atoms with Gasteiger partial charge < -0.3 is 15.4 Å². The molecule has 17 heavy (non-hydrogen) atoms. The fourth-order valence-corrected chi connectivity index (χ4v) is 2.32. The number of rotatable bonds is 5. The Hall–Kier alpha value is -0.610. The Morgan fingerprint density at radius 1 is 1.41 bits per heavy atom. The van der Waals surface area contributed by atoms with Crippen molar-refractivity contribution in [1.82, 2.24) is 4.90 Å². The Morgan fingerprint density at radius 3 is 2.47 bits per heavy atom. The lowest BCUT2D eigenvalue weighted by molar-refractivity contribution is -0.135. The molecular formula is C13H26N2O2. The van der Waals surface area contributed by atoms with E-state index in [0.717, 1.165) is 39.0 Å². The highest BCUT2D eigenvalue weighted by molar-refractivity contribution is 5.81. The predicted molar refractivity (Wildman–Crippen MR) is 68.7 cm³/mol. The molecule has 1 amide bonds. The maximum Gasteiger partial charge on any atom is 0.239 e. The number of ether oxygens (including phenoxy) is 1. The molecule has 1 aliphatic heterocycles. The Kier molecular flexibility index (Phi) is 5.92. The van der Waals surface area contributed by atoms with Crippen LogP contribution in [0, 0.1) is 5.92 Å². The lowest BCUT2D eigenvalue weighted by Gasteiger charge is -2.33. The van der Waals surface area contributed by atoms with Gasteiger partial charge in [0.15, 0.2) is 0 Å². The van der Waals surface area contributed by atoms with E-state index in [-0.39, 0.29) is 11.9 Å². The molecule has 1 rings (SSSR count). The Morgan fingerprint density at radius 2 is 2.00 bits per heavy atom. The summed E-state index contributed by atoms with van der Waals surface area (Å²) in [6, 6.07) is -0.335. The zero-order valence-electron chi connectivity index (χ0n) is 11.3. The number of carbonyl (C=O) groups excluding carboxylic acids is 1. The van der Waals surface area contributed by atoms with Crippen molar-refractivity contribution in [2.75, 3.05) is 19.7 Å². The first-order valence-electron chi connectivity index (χ1n) is 6.70. The molecule has 0 radical (unpaired) electrons. The van der Waals surface area contributed by atoms with E-state index in [0.29, 0.717) is 12.0 Å². The van der Waals surface area contributed by atoms with E-state index >= 15 is 0 Å². The first-order chi connectivity index (χ1) is 8.04. The highest BCUT2D eigenvalue weighted by atomic mass is 16.5. The molecule has 1 heterocycles. The number of nitrogens with zero attached hydrogens (tertiary/aromatic N) is 1. The minimum Gasteiger partial charge on any atom is -0.378 e. The number of piperidine rings is 1. The third-order valence-electron chi connectivity index (χ3n) is 3.20. The number of likely N-dealkylation sites (tertiary alicyclic amines) is 1. The van der Waals surface area contributed by atoms with Gasteiger partial charge in [-0.25, -0.2) is 0 Å². The summed E-state index contributed by atoms with van der Waals surface area (Å²) in [7, 11) is 0. The standard InChI is InChI=1S/C13H26N2O2/c1-4-17-11-5-7-15(8-6-11)13(16)12(14)9-10(2)3/h10-12H,4-9,14H2,1-3H3. The van der Waals surface area contributed by atoms with Gasteiger partial charge in [-0.3, -0.25) is 4.79 Å². The van der Waals surface area contributed by atoms with Gasteiger partial charge in [-0.1, -0.05) is 13.8 Å². The first kappa shape index (κ1) is 14.5. The molecular weight excluding hydrogens is 216 g/mol. The fourth-order valence-electron chi connectivity index (χ4n) is 2.32. The zero-order valence-corrected chi connectivity index (χ0v) is 11.3. The van der Waals surface area contributed by atoms with Crippen LogP contribution in [-0.2, 0) is 9.53 Å². The van der Waals surface area contributed by atoms with Gasteiger partial charge in [-0.15, -0.1) is 0 Å². The van der Waals surface area contributed by atoms with Gasteiger partial charge >= 0.3 is 0 Å². The van der Waals surface area contributed by atoms with E-state index in [1.807, 2.05) is 11.8 Å². The lowest BCUT2D eigenvalue weighted by Crippen LogP contribution is -2.48. The van der Waals surface area contributed by atoms with Crippen molar-refractivity contribution in [1.29, 1.82) is 0 Å². The van der Waals surface area contributed by atoms with Crippen molar-refractivity contribution >= 4 is 5.91 Å². The van der Waals surface area contributed by atoms with Gasteiger partial charge in [0.2, 0.25) is 5.91 Å². The van der Waals surface area contributed by atoms with Gasteiger partial charge in [0.05, 0.1) is 12.1 Å². The van der Waals surface area contributed by atoms with Gasteiger partial charge in [0.25, 0.3) is 0 Å². The molecule has 1 unspecified atom stereocenters. The quantitative estimate of drug-likeness (QED) is 0.792. The predicted octanol–water partition coefficient (Wildman–Crippen LogP) is 1.39. The monoisotopic (exact) mass is 242 g/mol. The highest BCUT2D eigenvalue weighted by Gasteiger charge is 2.26. The van der Waals surface area contributed by atoms with E-state index in [4.69, 9.17) is 10.5 Å². The van der Waals surface area contributed by atoms with E-state index in [1.54, 1.807) is 0 Å². The zero-order chi connectivity index (χ0) is 12.8. The van der Waals surface area contributed by atoms with Gasteiger partial charge in [0, 0.05) is 19.7 Å². The van der Waals surface area contributed by atoms with Gasteiger partial charge in [0.1, 0.15) is 0 Å². The van der Waals surface area contributed by atoms with Crippen molar-refractivity contribution in [3.05, 3.63) is 0 Å². The SMILES string of the molecule is CCOC1CCN(C(=O)C(N)CC(C)C)CC1. The summed E-state index contributed by atoms with van der Waals surface area (Å²) in [4.78, 5) is 13.9. The van der Waals surface area contributed by atoms with Crippen LogP contribution in [0.3, 0.4) is 0 Å². The summed E-state index contributed by atoms with van der Waals surface area (Å²) in [5.74, 6) is 0.573. The molecule has 0 aromatic rings. The van der Waals surface area contributed by atoms with Crippen LogP contribution in [0.15, 0.2) is 0 Å². The molecule has 100 valence electrons. The van der Waals surface area contributed by atoms with Gasteiger partial charge in [-0.2, -0.15) is 0 Å². The molecule has 4 heteroatoms. The number of nitrogens with two attached hydrogens (primary N) is 1. The second-order valence-electron chi connectivity index (χ2n) is 5.22. The summed E-state index contributed by atoms with van der Waals surface area (Å²) < 4.78 is 5.57. The van der Waals surface area contributed by atoms with Crippen molar-refractivity contribution in [2.24, 2.45) is 11.7 Å². The number of carbonyl (C=O) groups is 1. The van der Waals surface area contributed by atoms with Crippen LogP contribution in [-0.4, -0.2) is 42.6 Å². The van der Waals surface area contributed by atoms with Gasteiger partial charge in [-0.05, 0) is 32.1 Å². The molecule has 0 bridgehead atoms. The van der Waals surface area contributed by atoms with Crippen LogP contribution in [0.1, 0.15) is 40.0 Å². The Labute approximate surface area is 104 Å². The normalized spacial score (nSPS) is 19.7. The molecule has 4 nitrogen and oxygen atoms in total. The average Bonchev–Trinajstić information content (AvgIpc) is 2.28. The second kappa shape index (κ2) is 6.97. The molecule has 1 atom stereocenters. The Balaban J connectivity index is 2.35. The molecule has 0 aromatic heterocycles. The summed E-state index contributed by atoms with van der Waals surface area (Å²) in [5.41, 5.74) is 5.92. The second-order valence-corrected chi connectivity index (χ2v) is 5.22. The van der Waals surface area contributed by atoms with Crippen LogP contribution < -0.4 is 5.73 Å². The van der Waals surface area contributed by atoms with E-state index < -0.39 is 0 Å².